The molecule has 17 heavy (non-hydrogen) atoms. The molecule has 1 unspecified atom stereocenters. The average Bonchev–Trinajstić information content (AvgIpc) is 2.10. The van der Waals surface area contributed by atoms with Gasteiger partial charge in [-0.25, -0.2) is 0 Å². The molecule has 0 aromatic heterocycles. The van der Waals surface area contributed by atoms with E-state index in [4.69, 9.17) is 20.0 Å². The summed E-state index contributed by atoms with van der Waals surface area (Å²) in [5.41, 5.74) is 0. The number of hydrogen-bond acceptors (Lipinski definition) is 4. The normalized spacial score (nSPS) is 13.2. The molecule has 0 fully saturated rings. The molecule has 0 spiro atoms. The van der Waals surface area contributed by atoms with Crippen molar-refractivity contribution in [1.29, 1.82) is 0 Å². The van der Waals surface area contributed by atoms with E-state index in [2.05, 4.69) is 0 Å². The molecule has 0 saturated carbocycles. The van der Waals surface area contributed by atoms with Crippen LogP contribution in [0.2, 0.25) is 0 Å². The summed E-state index contributed by atoms with van der Waals surface area (Å²) >= 11 is 0. The Morgan fingerprint density at radius 2 is 1.94 bits per heavy atom. The average molecular weight is 297 g/mol. The summed E-state index contributed by atoms with van der Waals surface area (Å²) in [5, 5.41) is 17.6. The molecule has 9 heteroatoms. The minimum absolute atomic E-state index is 0. The third kappa shape index (κ3) is 9.39. The minimum atomic E-state index is -4.29. The number of carbonyl (C=O) groups is 1. The molecule has 100 valence electrons. The third-order valence-corrected chi connectivity index (χ3v) is 2.74. The van der Waals surface area contributed by atoms with E-state index in [9.17, 15) is 9.36 Å². The Hall–Kier alpha value is 0.800. The van der Waals surface area contributed by atoms with Gasteiger partial charge in [0.25, 0.3) is 0 Å². The molecule has 0 aliphatic carbocycles. The molecule has 0 saturated heterocycles. The van der Waals surface area contributed by atoms with Crippen LogP contribution in [0.4, 0.5) is 0 Å². The first-order chi connectivity index (χ1) is 7.31. The quantitative estimate of drug-likeness (QED) is 0.326. The zero-order valence-corrected chi connectivity index (χ0v) is 10.0. The van der Waals surface area contributed by atoms with Crippen LogP contribution in [-0.4, -0.2) is 94.1 Å². The van der Waals surface area contributed by atoms with Crippen LogP contribution in [0.5, 0.6) is 0 Å². The van der Waals surface area contributed by atoms with Gasteiger partial charge < -0.3 is 20.0 Å². The summed E-state index contributed by atoms with van der Waals surface area (Å²) in [4.78, 5) is 29.7. The second-order valence-corrected chi connectivity index (χ2v) is 5.10. The molecule has 0 radical (unpaired) electrons. The summed E-state index contributed by atoms with van der Waals surface area (Å²) in [6.45, 7) is 1.71. The number of aliphatic hydroxyl groups is 1. The van der Waals surface area contributed by atoms with E-state index in [1.807, 2.05) is 0 Å². The Kier molecular flexibility index (Phi) is 11.5. The molecule has 0 aliphatic rings. The van der Waals surface area contributed by atoms with Gasteiger partial charge >= 0.3 is 51.3 Å². The molecule has 4 N–H and O–H groups in total. The van der Waals surface area contributed by atoms with Crippen molar-refractivity contribution in [2.75, 3.05) is 19.4 Å². The van der Waals surface area contributed by atoms with Crippen molar-refractivity contribution in [1.82, 2.24) is 4.90 Å². The first-order valence-corrected chi connectivity index (χ1v) is 6.74. The van der Waals surface area contributed by atoms with Crippen molar-refractivity contribution in [3.05, 3.63) is 0 Å². The first-order valence-electron chi connectivity index (χ1n) is 4.94. The van der Waals surface area contributed by atoms with Crippen molar-refractivity contribution >= 4 is 51.3 Å². The number of nitrogens with zero attached hydrogens (tertiary/aromatic N) is 1. The van der Waals surface area contributed by atoms with Crippen molar-refractivity contribution in [2.45, 2.75) is 25.8 Å². The second kappa shape index (κ2) is 9.69. The molecule has 0 bridgehead atoms. The molecule has 0 aromatic carbocycles. The Bertz CT molecular complexity index is 271. The molecule has 0 rings (SSSR count). The summed E-state index contributed by atoms with van der Waals surface area (Å²) in [6.07, 6.45) is -0.0671. The van der Waals surface area contributed by atoms with E-state index in [1.165, 1.54) is 4.90 Å². The fourth-order valence-corrected chi connectivity index (χ4v) is 2.25. The number of carboxylic acid groups (broad SMARTS) is 1. The molecule has 0 aliphatic heterocycles. The monoisotopic (exact) mass is 297 g/mol. The standard InChI is InChI=1S/C8H18NO6P.Ca.2H/c1-2-4-9(6-16(13,14)15)7(3-5-10)8(11)12;;;/h7,10H,2-6H2,1H3,(H,11,12)(H2,13,14,15);;;. The van der Waals surface area contributed by atoms with Gasteiger partial charge in [-0.2, -0.15) is 0 Å². The van der Waals surface area contributed by atoms with Gasteiger partial charge in [0.15, 0.2) is 0 Å². The SMILES string of the molecule is CCCN(CP(=O)(O)O)C(CCO)C(=O)O.[CaH2]. The number of hydrogen-bond donors (Lipinski definition) is 4. The number of aliphatic carboxylic acids is 1. The van der Waals surface area contributed by atoms with Crippen LogP contribution in [-0.2, 0) is 9.36 Å². The van der Waals surface area contributed by atoms with Gasteiger partial charge in [-0.05, 0) is 19.4 Å². The van der Waals surface area contributed by atoms with Gasteiger partial charge in [0.2, 0.25) is 0 Å². The van der Waals surface area contributed by atoms with Gasteiger partial charge in [0, 0.05) is 6.61 Å². The maximum atomic E-state index is 10.9. The third-order valence-electron chi connectivity index (χ3n) is 2.01. The number of rotatable bonds is 8. The van der Waals surface area contributed by atoms with Crippen molar-refractivity contribution in [2.24, 2.45) is 0 Å². The van der Waals surface area contributed by atoms with Crippen LogP contribution in [0.1, 0.15) is 19.8 Å². The number of aliphatic hydroxyl groups excluding tert-OH is 1. The maximum absolute atomic E-state index is 10.9. The van der Waals surface area contributed by atoms with E-state index in [-0.39, 0.29) is 57.3 Å². The van der Waals surface area contributed by atoms with Gasteiger partial charge in [0.1, 0.15) is 12.3 Å². The predicted octanol–water partition coefficient (Wildman–Crippen LogP) is -1.25. The summed E-state index contributed by atoms with van der Waals surface area (Å²) < 4.78 is 10.8. The fourth-order valence-electron chi connectivity index (χ4n) is 1.43. The fraction of sp³-hybridized carbons (Fsp3) is 0.875. The van der Waals surface area contributed by atoms with Crippen LogP contribution >= 0.6 is 7.60 Å². The zero-order valence-electron chi connectivity index (χ0n) is 9.11. The molecule has 0 heterocycles. The Morgan fingerprint density at radius 3 is 2.24 bits per heavy atom. The van der Waals surface area contributed by atoms with Gasteiger partial charge in [-0.3, -0.25) is 14.3 Å². The van der Waals surface area contributed by atoms with Crippen LogP contribution in [0, 0.1) is 0 Å². The predicted molar refractivity (Wildman–Crippen MR) is 65.6 cm³/mol. The second-order valence-electron chi connectivity index (χ2n) is 3.48. The Morgan fingerprint density at radius 1 is 1.41 bits per heavy atom. The van der Waals surface area contributed by atoms with Crippen LogP contribution in [0.15, 0.2) is 0 Å². The molecular formula is C8H20CaNO6P. The summed E-state index contributed by atoms with van der Waals surface area (Å²) in [5.74, 6) is -1.18. The van der Waals surface area contributed by atoms with Crippen molar-refractivity contribution in [3.63, 3.8) is 0 Å². The van der Waals surface area contributed by atoms with Gasteiger partial charge in [0.05, 0.1) is 0 Å². The van der Waals surface area contributed by atoms with Gasteiger partial charge in [-0.15, -0.1) is 0 Å². The Labute approximate surface area is 130 Å². The molecule has 0 aromatic rings. The molecule has 7 nitrogen and oxygen atoms in total. The van der Waals surface area contributed by atoms with E-state index in [0.29, 0.717) is 6.42 Å². The summed E-state index contributed by atoms with van der Waals surface area (Å²) in [6, 6.07) is -1.06. The zero-order chi connectivity index (χ0) is 12.8. The van der Waals surface area contributed by atoms with Crippen LogP contribution in [0.3, 0.4) is 0 Å². The molecule has 0 amide bonds. The van der Waals surface area contributed by atoms with E-state index in [0.717, 1.165) is 0 Å². The van der Waals surface area contributed by atoms with Gasteiger partial charge in [-0.1, -0.05) is 6.92 Å². The molecular weight excluding hydrogens is 277 g/mol. The number of carboxylic acids is 1. The first kappa shape index (κ1) is 20.1. The van der Waals surface area contributed by atoms with E-state index < -0.39 is 25.9 Å². The van der Waals surface area contributed by atoms with Crippen molar-refractivity contribution < 1.29 is 29.4 Å². The molecule has 1 atom stereocenters. The Balaban J connectivity index is 0. The van der Waals surface area contributed by atoms with Crippen LogP contribution < -0.4 is 0 Å². The van der Waals surface area contributed by atoms with E-state index in [1.54, 1.807) is 6.92 Å². The summed E-state index contributed by atoms with van der Waals surface area (Å²) in [7, 11) is -4.29. The van der Waals surface area contributed by atoms with Crippen molar-refractivity contribution in [3.8, 4) is 0 Å². The van der Waals surface area contributed by atoms with E-state index >= 15 is 0 Å². The topological polar surface area (TPSA) is 118 Å². The van der Waals surface area contributed by atoms with Crippen LogP contribution in [0.25, 0.3) is 0 Å².